The van der Waals surface area contributed by atoms with Crippen LogP contribution in [0, 0.1) is 5.95 Å². The Morgan fingerprint density at radius 3 is 2.32 bits per heavy atom. The van der Waals surface area contributed by atoms with Crippen LogP contribution in [0.2, 0.25) is 0 Å². The molecule has 25 heavy (non-hydrogen) atoms. The molecule has 0 radical (unpaired) electrons. The molecule has 1 aromatic carbocycles. The molecule has 0 unspecified atom stereocenters. The summed E-state index contributed by atoms with van der Waals surface area (Å²) in [5, 5.41) is 30.2. The van der Waals surface area contributed by atoms with Crippen molar-refractivity contribution in [2.24, 2.45) is 0 Å². The van der Waals surface area contributed by atoms with Gasteiger partial charge in [-0.25, -0.2) is 9.78 Å². The number of rotatable bonds is 4. The van der Waals surface area contributed by atoms with Gasteiger partial charge in [0.25, 0.3) is 16.0 Å². The molecule has 0 aliphatic heterocycles. The van der Waals surface area contributed by atoms with Crippen molar-refractivity contribution < 1.29 is 42.3 Å². The molecule has 1 amide bonds. The van der Waals surface area contributed by atoms with Gasteiger partial charge in [0, 0.05) is 12.1 Å². The topological polar surface area (TPSA) is 174 Å². The summed E-state index contributed by atoms with van der Waals surface area (Å²) < 4.78 is 44.3. The average Bonchev–Trinajstić information content (AvgIpc) is 2.49. The summed E-state index contributed by atoms with van der Waals surface area (Å²) in [7, 11) is -4.96. The predicted molar refractivity (Wildman–Crippen MR) is 78.7 cm³/mol. The minimum atomic E-state index is -4.96. The van der Waals surface area contributed by atoms with Crippen LogP contribution in [0.3, 0.4) is 0 Å². The summed E-state index contributed by atoms with van der Waals surface area (Å²) in [5.74, 6) is -5.90. The highest BCUT2D eigenvalue weighted by molar-refractivity contribution is 7.86. The molecule has 10 nitrogen and oxygen atoms in total. The number of hydrogen-bond donors (Lipinski definition) is 5. The summed E-state index contributed by atoms with van der Waals surface area (Å²) in [4.78, 5) is 25.2. The molecule has 1 aromatic heterocycles. The Bertz CT molecular complexity index is 990. The summed E-state index contributed by atoms with van der Waals surface area (Å²) in [5.41, 5.74) is -1.89. The number of aromatic carboxylic acids is 1. The van der Waals surface area contributed by atoms with Gasteiger partial charge in [-0.2, -0.15) is 12.8 Å². The lowest BCUT2D eigenvalue weighted by Gasteiger charge is -2.11. The predicted octanol–water partition coefficient (Wildman–Crippen LogP) is 0.829. The number of carbonyl (C=O) groups excluding carboxylic acids is 1. The van der Waals surface area contributed by atoms with Gasteiger partial charge in [0.2, 0.25) is 5.95 Å². The number of phenols is 2. The molecule has 0 atom stereocenters. The zero-order valence-corrected chi connectivity index (χ0v) is 12.8. The van der Waals surface area contributed by atoms with Crippen LogP contribution >= 0.6 is 0 Å². The Morgan fingerprint density at radius 2 is 1.76 bits per heavy atom. The maximum atomic E-state index is 13.0. The lowest BCUT2D eigenvalue weighted by atomic mass is 10.1. The number of benzene rings is 1. The van der Waals surface area contributed by atoms with E-state index < -0.39 is 61.2 Å². The second kappa shape index (κ2) is 6.33. The molecular formula is C13H9FN2O8S. The van der Waals surface area contributed by atoms with Crippen LogP contribution in [0.25, 0.3) is 0 Å². The molecule has 0 bridgehead atoms. The van der Waals surface area contributed by atoms with Crippen molar-refractivity contribution in [2.45, 2.75) is 4.90 Å². The molecule has 0 aliphatic rings. The quantitative estimate of drug-likeness (QED) is 0.296. The van der Waals surface area contributed by atoms with Crippen molar-refractivity contribution in [3.8, 4) is 11.5 Å². The molecule has 132 valence electrons. The van der Waals surface area contributed by atoms with E-state index in [1.165, 1.54) is 0 Å². The summed E-state index contributed by atoms with van der Waals surface area (Å²) in [6.45, 7) is 0. The molecule has 0 spiro atoms. The second-order valence-electron chi connectivity index (χ2n) is 4.63. The number of aromatic nitrogens is 1. The van der Waals surface area contributed by atoms with Crippen LogP contribution < -0.4 is 5.32 Å². The fourth-order valence-electron chi connectivity index (χ4n) is 1.86. The number of anilines is 1. The van der Waals surface area contributed by atoms with Gasteiger partial charge < -0.3 is 20.6 Å². The summed E-state index contributed by atoms with van der Waals surface area (Å²) >= 11 is 0. The van der Waals surface area contributed by atoms with Crippen molar-refractivity contribution >= 4 is 27.7 Å². The number of halogens is 1. The molecule has 12 heteroatoms. The third kappa shape index (κ3) is 3.81. The Balaban J connectivity index is 2.50. The van der Waals surface area contributed by atoms with Gasteiger partial charge >= 0.3 is 5.97 Å². The highest BCUT2D eigenvalue weighted by atomic mass is 32.2. The van der Waals surface area contributed by atoms with Crippen LogP contribution in [0.5, 0.6) is 11.5 Å². The number of amides is 1. The van der Waals surface area contributed by atoms with Crippen molar-refractivity contribution in [1.82, 2.24) is 4.98 Å². The van der Waals surface area contributed by atoms with Crippen molar-refractivity contribution in [3.63, 3.8) is 0 Å². The molecule has 0 saturated heterocycles. The number of nitrogens with one attached hydrogen (secondary N) is 1. The average molecular weight is 372 g/mol. The molecule has 2 aromatic rings. The first-order valence-electron chi connectivity index (χ1n) is 6.24. The van der Waals surface area contributed by atoms with E-state index in [2.05, 4.69) is 4.98 Å². The van der Waals surface area contributed by atoms with Gasteiger partial charge in [0.1, 0.15) is 16.4 Å². The lowest BCUT2D eigenvalue weighted by Crippen LogP contribution is -2.16. The number of aromatic hydroxyl groups is 2. The normalized spacial score (nSPS) is 11.1. The molecule has 0 aliphatic carbocycles. The smallest absolute Gasteiger partial charge is 0.338 e. The Hall–Kier alpha value is -3.25. The molecule has 5 N–H and O–H groups in total. The van der Waals surface area contributed by atoms with Gasteiger partial charge in [-0.3, -0.25) is 9.35 Å². The van der Waals surface area contributed by atoms with Crippen molar-refractivity contribution in [3.05, 3.63) is 41.5 Å². The Morgan fingerprint density at radius 1 is 1.12 bits per heavy atom. The number of hydrogen-bond acceptors (Lipinski definition) is 7. The number of nitrogens with zero attached hydrogens (tertiary/aromatic N) is 1. The van der Waals surface area contributed by atoms with Crippen molar-refractivity contribution in [2.75, 3.05) is 5.32 Å². The SMILES string of the molecule is O=C(O)c1cc(F)ncc1NC(=O)c1cc(O)cc(S(=O)(=O)O)c1O. The van der Waals surface area contributed by atoms with Gasteiger partial charge in [0.05, 0.1) is 23.0 Å². The van der Waals surface area contributed by atoms with E-state index in [9.17, 15) is 32.6 Å². The molecule has 0 saturated carbocycles. The fraction of sp³-hybridized carbons (Fsp3) is 0. The first kappa shape index (κ1) is 18.1. The summed E-state index contributed by atoms with van der Waals surface area (Å²) in [6, 6.07) is 1.71. The van der Waals surface area contributed by atoms with Crippen LogP contribution in [0.15, 0.2) is 29.3 Å². The number of carboxylic acids is 1. The third-order valence-electron chi connectivity index (χ3n) is 2.93. The number of pyridine rings is 1. The highest BCUT2D eigenvalue weighted by Gasteiger charge is 2.24. The van der Waals surface area contributed by atoms with E-state index >= 15 is 0 Å². The standard InChI is InChI=1S/C13H9FN2O8S/c14-10-3-6(13(20)21)8(4-15-10)16-12(19)7-1-5(17)2-9(11(7)18)25(22,23)24/h1-4,17-18H,(H,16,19)(H,20,21)(H,22,23,24). The minimum Gasteiger partial charge on any atom is -0.508 e. The molecule has 2 rings (SSSR count). The highest BCUT2D eigenvalue weighted by Crippen LogP contribution is 2.32. The largest absolute Gasteiger partial charge is 0.508 e. The molecular weight excluding hydrogens is 363 g/mol. The zero-order chi connectivity index (χ0) is 18.9. The lowest BCUT2D eigenvalue weighted by molar-refractivity contribution is 0.0697. The van der Waals surface area contributed by atoms with Crippen molar-refractivity contribution in [1.29, 1.82) is 0 Å². The molecule has 1 heterocycles. The monoisotopic (exact) mass is 372 g/mol. The van der Waals surface area contributed by atoms with E-state index in [1.54, 1.807) is 0 Å². The van der Waals surface area contributed by atoms with Gasteiger partial charge in [-0.15, -0.1) is 0 Å². The van der Waals surface area contributed by atoms with Crippen LogP contribution in [-0.2, 0) is 10.1 Å². The maximum absolute atomic E-state index is 13.0. The number of carboxylic acid groups (broad SMARTS) is 1. The van der Waals surface area contributed by atoms with Crippen LogP contribution in [0.4, 0.5) is 10.1 Å². The fourth-order valence-corrected chi connectivity index (χ4v) is 2.48. The van der Waals surface area contributed by atoms with E-state index in [4.69, 9.17) is 9.66 Å². The van der Waals surface area contributed by atoms with E-state index in [0.717, 1.165) is 0 Å². The molecule has 0 fully saturated rings. The van der Waals surface area contributed by atoms with Crippen LogP contribution in [-0.4, -0.2) is 45.2 Å². The first-order valence-corrected chi connectivity index (χ1v) is 7.68. The van der Waals surface area contributed by atoms with E-state index in [1.807, 2.05) is 5.32 Å². The number of carbonyl (C=O) groups is 2. The first-order chi connectivity index (χ1) is 11.5. The number of phenolic OH excluding ortho intramolecular Hbond substituents is 2. The van der Waals surface area contributed by atoms with Gasteiger partial charge in [-0.05, 0) is 6.07 Å². The Kier molecular flexibility index (Phi) is 4.58. The van der Waals surface area contributed by atoms with Crippen LogP contribution in [0.1, 0.15) is 20.7 Å². The Labute approximate surface area is 138 Å². The third-order valence-corrected chi connectivity index (χ3v) is 3.80. The van der Waals surface area contributed by atoms with Gasteiger partial charge in [0.15, 0.2) is 0 Å². The minimum absolute atomic E-state index is 0.449. The van der Waals surface area contributed by atoms with Gasteiger partial charge in [-0.1, -0.05) is 0 Å². The zero-order valence-electron chi connectivity index (χ0n) is 12.0. The summed E-state index contributed by atoms with van der Waals surface area (Å²) in [6.07, 6.45) is 0.695. The second-order valence-corrected chi connectivity index (χ2v) is 6.02. The maximum Gasteiger partial charge on any atom is 0.338 e. The van der Waals surface area contributed by atoms with E-state index in [-0.39, 0.29) is 0 Å². The van der Waals surface area contributed by atoms with E-state index in [0.29, 0.717) is 24.4 Å².